The highest BCUT2D eigenvalue weighted by Gasteiger charge is 2.27. The first-order valence-electron chi connectivity index (χ1n) is 9.97. The molecule has 0 bridgehead atoms. The van der Waals surface area contributed by atoms with Crippen molar-refractivity contribution in [3.8, 4) is 17.1 Å². The van der Waals surface area contributed by atoms with E-state index in [1.807, 2.05) is 18.2 Å². The molecule has 0 radical (unpaired) electrons. The van der Waals surface area contributed by atoms with E-state index in [0.29, 0.717) is 46.3 Å². The highest BCUT2D eigenvalue weighted by molar-refractivity contribution is 6.33. The third-order valence-electron chi connectivity index (χ3n) is 5.24. The lowest BCUT2D eigenvalue weighted by Gasteiger charge is -2.31. The minimum Gasteiger partial charge on any atom is -0.495 e. The minimum atomic E-state index is -0.164. The standard InChI is InChI=1S/C22H22Cl2N4O3/c1-30-19-9-8-15(23)11-18(19)25-22(29)14-5-4-10-28(12-14)13-20-26-21(27-31-20)16-6-2-3-7-17(16)24/h2-3,6-9,11,14H,4-5,10,12-13H2,1H3,(H,25,29). The van der Waals surface area contributed by atoms with Crippen molar-refractivity contribution >= 4 is 34.8 Å². The fourth-order valence-electron chi connectivity index (χ4n) is 3.69. The van der Waals surface area contributed by atoms with Gasteiger partial charge in [0.2, 0.25) is 17.6 Å². The molecule has 1 saturated heterocycles. The lowest BCUT2D eigenvalue weighted by atomic mass is 9.97. The normalized spacial score (nSPS) is 16.8. The average Bonchev–Trinajstić information content (AvgIpc) is 3.22. The molecule has 2 heterocycles. The van der Waals surface area contributed by atoms with Gasteiger partial charge in [-0.1, -0.05) is 40.5 Å². The number of nitrogens with zero attached hydrogens (tertiary/aromatic N) is 3. The van der Waals surface area contributed by atoms with Crippen LogP contribution in [-0.4, -0.2) is 41.1 Å². The topological polar surface area (TPSA) is 80.5 Å². The number of hydrogen-bond donors (Lipinski definition) is 1. The smallest absolute Gasteiger partial charge is 0.241 e. The summed E-state index contributed by atoms with van der Waals surface area (Å²) in [6, 6.07) is 12.5. The molecule has 0 spiro atoms. The van der Waals surface area contributed by atoms with Crippen molar-refractivity contribution in [1.29, 1.82) is 0 Å². The Morgan fingerprint density at radius 2 is 2.13 bits per heavy atom. The number of likely N-dealkylation sites (tertiary alicyclic amines) is 1. The summed E-state index contributed by atoms with van der Waals surface area (Å²) in [5.41, 5.74) is 1.30. The van der Waals surface area contributed by atoms with Crippen LogP contribution in [0, 0.1) is 5.92 Å². The number of hydrogen-bond acceptors (Lipinski definition) is 6. The third-order valence-corrected chi connectivity index (χ3v) is 5.80. The van der Waals surface area contributed by atoms with Crippen molar-refractivity contribution in [2.24, 2.45) is 5.92 Å². The van der Waals surface area contributed by atoms with Crippen LogP contribution in [0.4, 0.5) is 5.69 Å². The van der Waals surface area contributed by atoms with E-state index in [-0.39, 0.29) is 11.8 Å². The SMILES string of the molecule is COc1ccc(Cl)cc1NC(=O)C1CCCN(Cc2nc(-c3ccccc3Cl)no2)C1. The molecular formula is C22H22Cl2N4O3. The maximum absolute atomic E-state index is 12.9. The van der Waals surface area contributed by atoms with Crippen molar-refractivity contribution in [3.63, 3.8) is 0 Å². The van der Waals surface area contributed by atoms with Crippen LogP contribution in [0.5, 0.6) is 5.75 Å². The van der Waals surface area contributed by atoms with Crippen LogP contribution in [-0.2, 0) is 11.3 Å². The summed E-state index contributed by atoms with van der Waals surface area (Å²) < 4.78 is 10.7. The number of halogens is 2. The fourth-order valence-corrected chi connectivity index (χ4v) is 4.08. The monoisotopic (exact) mass is 460 g/mol. The quantitative estimate of drug-likeness (QED) is 0.563. The second kappa shape index (κ2) is 9.68. The maximum atomic E-state index is 12.9. The third kappa shape index (κ3) is 5.18. The zero-order valence-electron chi connectivity index (χ0n) is 17.0. The van der Waals surface area contributed by atoms with Crippen LogP contribution >= 0.6 is 23.2 Å². The molecule has 1 aliphatic heterocycles. The number of aromatic nitrogens is 2. The first-order chi connectivity index (χ1) is 15.0. The van der Waals surface area contributed by atoms with Gasteiger partial charge in [-0.3, -0.25) is 9.69 Å². The van der Waals surface area contributed by atoms with Gasteiger partial charge in [0, 0.05) is 17.1 Å². The number of methoxy groups -OCH3 is 1. The summed E-state index contributed by atoms with van der Waals surface area (Å²) in [4.78, 5) is 19.5. The van der Waals surface area contributed by atoms with Gasteiger partial charge in [-0.25, -0.2) is 0 Å². The number of ether oxygens (including phenoxy) is 1. The van der Waals surface area contributed by atoms with Gasteiger partial charge in [-0.2, -0.15) is 4.98 Å². The lowest BCUT2D eigenvalue weighted by molar-refractivity contribution is -0.121. The molecule has 1 atom stereocenters. The van der Waals surface area contributed by atoms with Crippen molar-refractivity contribution in [2.75, 3.05) is 25.5 Å². The lowest BCUT2D eigenvalue weighted by Crippen LogP contribution is -2.40. The first-order valence-corrected chi connectivity index (χ1v) is 10.7. The van der Waals surface area contributed by atoms with Crippen LogP contribution in [0.3, 0.4) is 0 Å². The molecule has 162 valence electrons. The van der Waals surface area contributed by atoms with Crippen LogP contribution < -0.4 is 10.1 Å². The summed E-state index contributed by atoms with van der Waals surface area (Å²) >= 11 is 12.3. The average molecular weight is 461 g/mol. The van der Waals surface area contributed by atoms with Gasteiger partial charge < -0.3 is 14.6 Å². The highest BCUT2D eigenvalue weighted by atomic mass is 35.5. The van der Waals surface area contributed by atoms with Gasteiger partial charge in [0.15, 0.2) is 0 Å². The van der Waals surface area contributed by atoms with Crippen LogP contribution in [0.25, 0.3) is 11.4 Å². The molecule has 1 fully saturated rings. The largest absolute Gasteiger partial charge is 0.495 e. The summed E-state index contributed by atoms with van der Waals surface area (Å²) in [6.07, 6.45) is 1.70. The van der Waals surface area contributed by atoms with Crippen LogP contribution in [0.1, 0.15) is 18.7 Å². The Bertz CT molecular complexity index is 1070. The van der Waals surface area contributed by atoms with E-state index < -0.39 is 0 Å². The Kier molecular flexibility index (Phi) is 6.75. The molecule has 0 saturated carbocycles. The van der Waals surface area contributed by atoms with Gasteiger partial charge in [-0.05, 0) is 49.7 Å². The molecule has 9 heteroatoms. The summed E-state index contributed by atoms with van der Waals surface area (Å²) in [7, 11) is 1.56. The number of carbonyl (C=O) groups excluding carboxylic acids is 1. The molecule has 1 unspecified atom stereocenters. The summed E-state index contributed by atoms with van der Waals surface area (Å²) in [5, 5.41) is 8.10. The van der Waals surface area contributed by atoms with E-state index in [4.69, 9.17) is 32.5 Å². The summed E-state index contributed by atoms with van der Waals surface area (Å²) in [6.45, 7) is 1.92. The van der Waals surface area contributed by atoms with E-state index in [9.17, 15) is 4.79 Å². The number of anilines is 1. The first kappa shape index (κ1) is 21.6. The molecule has 31 heavy (non-hydrogen) atoms. The summed E-state index contributed by atoms with van der Waals surface area (Å²) in [5.74, 6) is 1.30. The molecule has 1 N–H and O–H groups in total. The molecule has 1 aliphatic rings. The number of benzene rings is 2. The molecule has 7 nitrogen and oxygen atoms in total. The van der Waals surface area contributed by atoms with Gasteiger partial charge in [0.25, 0.3) is 0 Å². The van der Waals surface area contributed by atoms with Crippen LogP contribution in [0.15, 0.2) is 47.0 Å². The number of piperidine rings is 1. The Hall–Kier alpha value is -2.61. The van der Waals surface area contributed by atoms with Crippen LogP contribution in [0.2, 0.25) is 10.0 Å². The number of rotatable bonds is 6. The predicted octanol–water partition coefficient (Wildman–Crippen LogP) is 4.90. The van der Waals surface area contributed by atoms with Crippen molar-refractivity contribution < 1.29 is 14.1 Å². The molecule has 1 amide bonds. The van der Waals surface area contributed by atoms with Gasteiger partial charge >= 0.3 is 0 Å². The van der Waals surface area contributed by atoms with Crippen molar-refractivity contribution in [1.82, 2.24) is 15.0 Å². The number of amides is 1. The van der Waals surface area contributed by atoms with Gasteiger partial charge in [-0.15, -0.1) is 0 Å². The van der Waals surface area contributed by atoms with E-state index >= 15 is 0 Å². The zero-order chi connectivity index (χ0) is 21.8. The molecule has 0 aliphatic carbocycles. The van der Waals surface area contributed by atoms with Crippen molar-refractivity contribution in [3.05, 3.63) is 58.4 Å². The number of nitrogens with one attached hydrogen (secondary N) is 1. The molecule has 3 aromatic rings. The Morgan fingerprint density at radius 1 is 1.29 bits per heavy atom. The van der Waals surface area contributed by atoms with Crippen molar-refractivity contribution in [2.45, 2.75) is 19.4 Å². The van der Waals surface area contributed by atoms with E-state index in [2.05, 4.69) is 20.4 Å². The van der Waals surface area contributed by atoms with E-state index in [1.54, 1.807) is 31.4 Å². The second-order valence-corrected chi connectivity index (χ2v) is 8.24. The van der Waals surface area contributed by atoms with E-state index in [0.717, 1.165) is 24.9 Å². The molecular weight excluding hydrogens is 439 g/mol. The zero-order valence-corrected chi connectivity index (χ0v) is 18.5. The Morgan fingerprint density at radius 3 is 2.94 bits per heavy atom. The predicted molar refractivity (Wildman–Crippen MR) is 119 cm³/mol. The highest BCUT2D eigenvalue weighted by Crippen LogP contribution is 2.29. The van der Waals surface area contributed by atoms with E-state index in [1.165, 1.54) is 0 Å². The second-order valence-electron chi connectivity index (χ2n) is 7.40. The molecule has 2 aromatic carbocycles. The fraction of sp³-hybridized carbons (Fsp3) is 0.318. The van der Waals surface area contributed by atoms with Gasteiger partial charge in [0.1, 0.15) is 5.75 Å². The molecule has 4 rings (SSSR count). The minimum absolute atomic E-state index is 0.0625. The Balaban J connectivity index is 1.40. The maximum Gasteiger partial charge on any atom is 0.241 e. The van der Waals surface area contributed by atoms with Gasteiger partial charge in [0.05, 0.1) is 30.3 Å². The molecule has 1 aromatic heterocycles. The Labute approximate surface area is 190 Å². The number of carbonyl (C=O) groups is 1.